The maximum Gasteiger partial charge on any atom is 0.272 e. The van der Waals surface area contributed by atoms with Gasteiger partial charge in [-0.1, -0.05) is 42.5 Å². The average molecular weight is 432 g/mol. The highest BCUT2D eigenvalue weighted by Gasteiger charge is 2.20. The largest absolute Gasteiger partial charge is 0.375 e. The number of hydrazine groups is 1. The lowest BCUT2D eigenvalue weighted by atomic mass is 10.1. The van der Waals surface area contributed by atoms with Gasteiger partial charge in [0.25, 0.3) is 5.91 Å². The van der Waals surface area contributed by atoms with Crippen molar-refractivity contribution in [2.45, 2.75) is 0 Å². The van der Waals surface area contributed by atoms with E-state index < -0.39 is 0 Å². The van der Waals surface area contributed by atoms with Crippen LogP contribution in [-0.2, 0) is 0 Å². The fourth-order valence-electron chi connectivity index (χ4n) is 2.21. The molecule has 1 aromatic carbocycles. The smallest absolute Gasteiger partial charge is 0.272 e. The molecule has 0 aliphatic carbocycles. The first-order valence-electron chi connectivity index (χ1n) is 8.30. The van der Waals surface area contributed by atoms with E-state index in [1.165, 1.54) is 16.3 Å². The maximum atomic E-state index is 12.9. The average Bonchev–Trinajstić information content (AvgIpc) is 3.10. The molecule has 0 radical (unpaired) electrons. The van der Waals surface area contributed by atoms with E-state index in [-0.39, 0.29) is 11.0 Å². The van der Waals surface area contributed by atoms with Gasteiger partial charge >= 0.3 is 0 Å². The van der Waals surface area contributed by atoms with Crippen LogP contribution in [0.4, 0.5) is 5.00 Å². The van der Waals surface area contributed by atoms with Gasteiger partial charge in [0.2, 0.25) is 0 Å². The number of rotatable bonds is 7. The predicted octanol–water partition coefficient (Wildman–Crippen LogP) is 3.26. The summed E-state index contributed by atoms with van der Waals surface area (Å²) in [4.78, 5) is 13.8. The third-order valence-corrected chi connectivity index (χ3v) is 5.05. The minimum absolute atomic E-state index is 0.0458. The molecule has 0 aliphatic heterocycles. The van der Waals surface area contributed by atoms with Crippen LogP contribution in [0, 0.1) is 0 Å². The van der Waals surface area contributed by atoms with Crippen LogP contribution in [0.3, 0.4) is 0 Å². The third kappa shape index (κ3) is 5.88. The first-order valence-corrected chi connectivity index (χ1v) is 9.93. The van der Waals surface area contributed by atoms with Gasteiger partial charge in [-0.2, -0.15) is 0 Å². The summed E-state index contributed by atoms with van der Waals surface area (Å²) < 4.78 is 0. The Balaban J connectivity index is 2.33. The molecular weight excluding hydrogens is 410 g/mol. The van der Waals surface area contributed by atoms with Crippen LogP contribution >= 0.6 is 35.8 Å². The van der Waals surface area contributed by atoms with Crippen molar-refractivity contribution < 1.29 is 4.79 Å². The second-order valence-electron chi connectivity index (χ2n) is 5.52. The molecule has 0 saturated heterocycles. The van der Waals surface area contributed by atoms with Gasteiger partial charge < -0.3 is 16.4 Å². The molecule has 5 N–H and O–H groups in total. The van der Waals surface area contributed by atoms with Gasteiger partial charge in [-0.15, -0.1) is 24.5 Å². The molecule has 0 atom stereocenters. The van der Waals surface area contributed by atoms with E-state index in [0.29, 0.717) is 28.8 Å². The summed E-state index contributed by atoms with van der Waals surface area (Å²) in [6, 6.07) is 11.6. The number of nitrogens with two attached hydrogens (primary N) is 1. The molecule has 6 nitrogen and oxygen atoms in total. The van der Waals surface area contributed by atoms with Crippen molar-refractivity contribution in [3.05, 3.63) is 67.3 Å². The minimum atomic E-state index is -0.359. The molecule has 28 heavy (non-hydrogen) atoms. The Morgan fingerprint density at radius 3 is 2.54 bits per heavy atom. The zero-order chi connectivity index (χ0) is 20.5. The van der Waals surface area contributed by atoms with E-state index in [4.69, 9.17) is 30.2 Å². The molecule has 0 aliphatic rings. The number of nitrogens with zero attached hydrogens (tertiary/aromatic N) is 1. The summed E-state index contributed by atoms with van der Waals surface area (Å²) >= 11 is 11.7. The number of carbonyl (C=O) groups is 1. The van der Waals surface area contributed by atoms with Crippen molar-refractivity contribution >= 4 is 56.9 Å². The van der Waals surface area contributed by atoms with E-state index in [0.717, 1.165) is 10.4 Å². The van der Waals surface area contributed by atoms with Gasteiger partial charge in [-0.3, -0.25) is 15.2 Å². The maximum absolute atomic E-state index is 12.9. The molecule has 2 rings (SSSR count). The number of benzene rings is 1. The van der Waals surface area contributed by atoms with Crippen LogP contribution in [0.2, 0.25) is 0 Å². The zero-order valence-electron chi connectivity index (χ0n) is 15.1. The lowest BCUT2D eigenvalue weighted by molar-refractivity contribution is 0.0880. The van der Waals surface area contributed by atoms with Crippen molar-refractivity contribution in [1.82, 2.24) is 15.8 Å². The quantitative estimate of drug-likeness (QED) is 0.304. The summed E-state index contributed by atoms with van der Waals surface area (Å²) in [5.41, 5.74) is 9.78. The van der Waals surface area contributed by atoms with Crippen molar-refractivity contribution in [3.8, 4) is 10.4 Å². The Morgan fingerprint density at radius 1 is 1.21 bits per heavy atom. The number of nitrogens with one attached hydrogen (secondary N) is 3. The van der Waals surface area contributed by atoms with Gasteiger partial charge in [-0.25, -0.2) is 0 Å². The first-order chi connectivity index (χ1) is 13.5. The number of hydrogen-bond donors (Lipinski definition) is 4. The standard InChI is InChI=1S/C19H21N5OS3/c1-3-10-21-19(27)22-17-14(16(25)23-24(11-4-2)18(20)26)12-15(28-17)13-8-6-5-7-9-13/h3-9,12H,1-2,10-11H2,(H2,20,26)(H,23,25)(H2,21,22,27). The van der Waals surface area contributed by atoms with Crippen LogP contribution < -0.4 is 21.8 Å². The number of carbonyl (C=O) groups excluding carboxylic acids is 1. The van der Waals surface area contributed by atoms with E-state index in [1.807, 2.05) is 30.3 Å². The molecule has 1 amide bonds. The SMILES string of the molecule is C=CCNC(=S)Nc1sc(-c2ccccc2)cc1C(=O)NN(CC=C)C(N)=S. The summed E-state index contributed by atoms with van der Waals surface area (Å²) in [6.07, 6.45) is 3.29. The zero-order valence-corrected chi connectivity index (χ0v) is 17.6. The van der Waals surface area contributed by atoms with E-state index in [9.17, 15) is 4.79 Å². The molecule has 0 bridgehead atoms. The van der Waals surface area contributed by atoms with Gasteiger partial charge in [-0.05, 0) is 36.1 Å². The molecular formula is C19H21N5OS3. The topological polar surface area (TPSA) is 82.4 Å². The molecule has 0 spiro atoms. The van der Waals surface area contributed by atoms with Gasteiger partial charge in [0, 0.05) is 11.4 Å². The summed E-state index contributed by atoms with van der Waals surface area (Å²) in [6.45, 7) is 8.09. The highest BCUT2D eigenvalue weighted by atomic mass is 32.1. The van der Waals surface area contributed by atoms with Gasteiger partial charge in [0.1, 0.15) is 5.00 Å². The molecule has 0 fully saturated rings. The molecule has 146 valence electrons. The number of hydrogen-bond acceptors (Lipinski definition) is 4. The number of thiophene rings is 1. The molecule has 9 heteroatoms. The molecule has 2 aromatic rings. The highest BCUT2D eigenvalue weighted by molar-refractivity contribution is 7.80. The molecule has 0 unspecified atom stereocenters. The van der Waals surface area contributed by atoms with E-state index in [2.05, 4.69) is 29.2 Å². The van der Waals surface area contributed by atoms with E-state index in [1.54, 1.807) is 18.2 Å². The lowest BCUT2D eigenvalue weighted by Crippen LogP contribution is -2.48. The Hall–Kier alpha value is -2.75. The summed E-state index contributed by atoms with van der Waals surface area (Å²) in [5, 5.41) is 8.47. The van der Waals surface area contributed by atoms with E-state index >= 15 is 0 Å². The van der Waals surface area contributed by atoms with Crippen LogP contribution in [-0.4, -0.2) is 34.2 Å². The normalized spacial score (nSPS) is 9.86. The molecule has 1 heterocycles. The van der Waals surface area contributed by atoms with Crippen molar-refractivity contribution in [3.63, 3.8) is 0 Å². The van der Waals surface area contributed by atoms with Gasteiger partial charge in [0.15, 0.2) is 10.2 Å². The summed E-state index contributed by atoms with van der Waals surface area (Å²) in [7, 11) is 0. The fraction of sp³-hybridized carbons (Fsp3) is 0.105. The lowest BCUT2D eigenvalue weighted by Gasteiger charge is -2.21. The Morgan fingerprint density at radius 2 is 1.93 bits per heavy atom. The van der Waals surface area contributed by atoms with Crippen molar-refractivity contribution in [2.24, 2.45) is 5.73 Å². The number of anilines is 1. The Labute approximate surface area is 179 Å². The second kappa shape index (κ2) is 10.5. The highest BCUT2D eigenvalue weighted by Crippen LogP contribution is 2.35. The Kier molecular flexibility index (Phi) is 8.12. The third-order valence-electron chi connectivity index (χ3n) is 3.48. The second-order valence-corrected chi connectivity index (χ2v) is 7.40. The van der Waals surface area contributed by atoms with Crippen molar-refractivity contribution in [1.29, 1.82) is 0 Å². The van der Waals surface area contributed by atoms with Crippen LogP contribution in [0.1, 0.15) is 10.4 Å². The van der Waals surface area contributed by atoms with Gasteiger partial charge in [0.05, 0.1) is 12.1 Å². The molecule has 1 aromatic heterocycles. The van der Waals surface area contributed by atoms with Crippen LogP contribution in [0.15, 0.2) is 61.7 Å². The Bertz CT molecular complexity index is 879. The summed E-state index contributed by atoms with van der Waals surface area (Å²) in [5.74, 6) is -0.359. The fourth-order valence-corrected chi connectivity index (χ4v) is 3.65. The monoisotopic (exact) mass is 431 g/mol. The number of thiocarbonyl (C=S) groups is 2. The van der Waals surface area contributed by atoms with Crippen LogP contribution in [0.25, 0.3) is 10.4 Å². The number of amides is 1. The predicted molar refractivity (Wildman–Crippen MR) is 125 cm³/mol. The first kappa shape index (κ1) is 21.5. The van der Waals surface area contributed by atoms with Crippen molar-refractivity contribution in [2.75, 3.05) is 18.4 Å². The van der Waals surface area contributed by atoms with Crippen LogP contribution in [0.5, 0.6) is 0 Å². The molecule has 0 saturated carbocycles. The minimum Gasteiger partial charge on any atom is -0.375 e.